The van der Waals surface area contributed by atoms with Gasteiger partial charge in [-0.15, -0.1) is 0 Å². The predicted molar refractivity (Wildman–Crippen MR) is 188 cm³/mol. The summed E-state index contributed by atoms with van der Waals surface area (Å²) in [6, 6.07) is 42.9. The van der Waals surface area contributed by atoms with Crippen LogP contribution >= 0.6 is 0 Å². The molecular weight excluding hydrogens is 532 g/mol. The van der Waals surface area contributed by atoms with Crippen LogP contribution in [-0.4, -0.2) is 9.13 Å². The summed E-state index contributed by atoms with van der Waals surface area (Å²) in [5.74, 6) is 0. The molecule has 0 saturated heterocycles. The summed E-state index contributed by atoms with van der Waals surface area (Å²) >= 11 is 0. The first kappa shape index (κ1) is 19.4. The molecule has 10 aromatic rings. The van der Waals surface area contributed by atoms with Crippen molar-refractivity contribution in [1.29, 1.82) is 0 Å². The van der Waals surface area contributed by atoms with Crippen molar-refractivity contribution in [2.75, 3.05) is 0 Å². The minimum atomic E-state index is -0.405. The van der Waals surface area contributed by atoms with Crippen molar-refractivity contribution in [3.05, 3.63) is 158 Å². The van der Waals surface area contributed by atoms with Crippen molar-refractivity contribution in [1.82, 2.24) is 9.13 Å². The second-order valence-electron chi connectivity index (χ2n) is 11.4. The minimum Gasteiger partial charge on any atom is -0.309 e. The van der Waals surface area contributed by atoms with E-state index in [4.69, 9.17) is 6.85 Å². The van der Waals surface area contributed by atoms with E-state index in [0.717, 1.165) is 65.5 Å². The number of rotatable bonds is 2. The molecule has 0 radical (unpaired) electrons. The highest BCUT2D eigenvalue weighted by Gasteiger charge is 2.20. The molecule has 0 amide bonds. The van der Waals surface area contributed by atoms with E-state index in [1.54, 1.807) is 0 Å². The van der Waals surface area contributed by atoms with Crippen molar-refractivity contribution in [3.63, 3.8) is 0 Å². The molecule has 8 aromatic carbocycles. The van der Waals surface area contributed by atoms with Gasteiger partial charge in [0, 0.05) is 32.9 Å². The van der Waals surface area contributed by atoms with Gasteiger partial charge < -0.3 is 9.13 Å². The van der Waals surface area contributed by atoms with Crippen LogP contribution in [0.3, 0.4) is 0 Å². The summed E-state index contributed by atoms with van der Waals surface area (Å²) < 4.78 is 47.2. The maximum Gasteiger partial charge on any atom is 0.0645 e. The van der Waals surface area contributed by atoms with E-state index < -0.39 is 6.04 Å². The Labute approximate surface area is 260 Å². The highest BCUT2D eigenvalue weighted by atomic mass is 15.0. The van der Waals surface area contributed by atoms with Crippen LogP contribution < -0.4 is 0 Å². The van der Waals surface area contributed by atoms with Gasteiger partial charge in [-0.3, -0.25) is 0 Å². The second kappa shape index (κ2) is 8.82. The largest absolute Gasteiger partial charge is 0.309 e. The molecule has 0 aliphatic heterocycles. The maximum atomic E-state index is 8.92. The number of hydrogen-bond donors (Lipinski definition) is 0. The molecule has 0 fully saturated rings. The molecule has 0 bridgehead atoms. The van der Waals surface area contributed by atoms with Crippen LogP contribution in [0.5, 0.6) is 0 Å². The van der Waals surface area contributed by atoms with E-state index >= 15 is 0 Å². The maximum absolute atomic E-state index is 8.92. The van der Waals surface area contributed by atoms with E-state index in [0.29, 0.717) is 0 Å². The van der Waals surface area contributed by atoms with E-state index in [1.807, 2.05) is 28.8 Å². The number of aromatic nitrogens is 2. The van der Waals surface area contributed by atoms with E-state index in [-0.39, 0.29) is 29.9 Å². The predicted octanol–water partition coefficient (Wildman–Crippen LogP) is 11.3. The van der Waals surface area contributed by atoms with Gasteiger partial charge in [0.05, 0.1) is 28.9 Å². The molecule has 0 atom stereocenters. The summed E-state index contributed by atoms with van der Waals surface area (Å²) in [4.78, 5) is 0. The Morgan fingerprint density at radius 2 is 1.00 bits per heavy atom. The average Bonchev–Trinajstić information content (AvgIpc) is 3.64. The van der Waals surface area contributed by atoms with Crippen molar-refractivity contribution in [3.8, 4) is 11.4 Å². The Balaban J connectivity index is 1.39. The Bertz CT molecular complexity index is 3030. The zero-order valence-electron chi connectivity index (χ0n) is 28.5. The molecule has 0 aliphatic rings. The first-order valence-corrected chi connectivity index (χ1v) is 14.8. The molecule has 10 rings (SSSR count). The molecule has 2 heterocycles. The molecule has 2 nitrogen and oxygen atoms in total. The Kier molecular flexibility index (Phi) is 3.88. The van der Waals surface area contributed by atoms with Crippen LogP contribution in [-0.2, 0) is 0 Å². The third-order valence-corrected chi connectivity index (χ3v) is 9.15. The standard InChI is InChI=1S/C42H26N2/c1-2-12-30(13-3-1)43-38-17-9-8-16-35(38)36-25-37-41(26-40(36)43)44(39-23-20-28-11-5-7-15-34(28)42(37)39)31-21-22-33-29(24-31)19-18-27-10-4-6-14-32(27)33/h1-26H/i1D,2D,3D,12D,13D. The van der Waals surface area contributed by atoms with Gasteiger partial charge in [-0.1, -0.05) is 109 Å². The third kappa shape index (κ3) is 3.20. The first-order valence-electron chi connectivity index (χ1n) is 17.3. The molecule has 0 aliphatic carbocycles. The summed E-state index contributed by atoms with van der Waals surface area (Å²) in [5.41, 5.74) is 4.75. The first-order chi connectivity index (χ1) is 23.9. The Morgan fingerprint density at radius 1 is 0.364 bits per heavy atom. The van der Waals surface area contributed by atoms with Crippen LogP contribution in [0.1, 0.15) is 6.85 Å². The third-order valence-electron chi connectivity index (χ3n) is 9.15. The molecule has 0 unspecified atom stereocenters. The van der Waals surface area contributed by atoms with Gasteiger partial charge in [-0.05, 0) is 80.8 Å². The van der Waals surface area contributed by atoms with E-state index in [2.05, 4.69) is 108 Å². The average molecular weight is 564 g/mol. The summed E-state index contributed by atoms with van der Waals surface area (Å²) in [6.07, 6.45) is 0. The van der Waals surface area contributed by atoms with Gasteiger partial charge in [0.25, 0.3) is 0 Å². The number of nitrogens with zero attached hydrogens (tertiary/aromatic N) is 2. The zero-order valence-corrected chi connectivity index (χ0v) is 23.5. The fourth-order valence-electron chi connectivity index (χ4n) is 7.26. The van der Waals surface area contributed by atoms with Gasteiger partial charge in [0.15, 0.2) is 0 Å². The highest BCUT2D eigenvalue weighted by molar-refractivity contribution is 6.25. The van der Waals surface area contributed by atoms with E-state index in [9.17, 15) is 0 Å². The molecule has 44 heavy (non-hydrogen) atoms. The fraction of sp³-hybridized carbons (Fsp3) is 0. The van der Waals surface area contributed by atoms with Gasteiger partial charge in [-0.2, -0.15) is 0 Å². The van der Waals surface area contributed by atoms with Crippen molar-refractivity contribution in [2.45, 2.75) is 0 Å². The quantitative estimate of drug-likeness (QED) is 0.185. The van der Waals surface area contributed by atoms with Crippen molar-refractivity contribution < 1.29 is 6.85 Å². The highest BCUT2D eigenvalue weighted by Crippen LogP contribution is 2.42. The lowest BCUT2D eigenvalue weighted by Gasteiger charge is -2.12. The number of hydrogen-bond acceptors (Lipinski definition) is 0. The molecule has 0 saturated carbocycles. The molecule has 2 aromatic heterocycles. The van der Waals surface area contributed by atoms with Gasteiger partial charge in [0.2, 0.25) is 0 Å². The van der Waals surface area contributed by atoms with E-state index in [1.165, 1.54) is 16.2 Å². The van der Waals surface area contributed by atoms with Crippen LogP contribution in [0, 0.1) is 0 Å². The van der Waals surface area contributed by atoms with Crippen LogP contribution in [0.15, 0.2) is 158 Å². The topological polar surface area (TPSA) is 9.86 Å². The van der Waals surface area contributed by atoms with Crippen LogP contribution in [0.4, 0.5) is 0 Å². The molecular formula is C42H26N2. The zero-order chi connectivity index (χ0) is 33.1. The monoisotopic (exact) mass is 563 g/mol. The molecule has 0 N–H and O–H groups in total. The Morgan fingerprint density at radius 3 is 1.86 bits per heavy atom. The number of benzene rings is 8. The summed E-state index contributed by atoms with van der Waals surface area (Å²) in [6.45, 7) is 0. The summed E-state index contributed by atoms with van der Waals surface area (Å²) in [5, 5.41) is 11.2. The summed E-state index contributed by atoms with van der Waals surface area (Å²) in [7, 11) is 0. The van der Waals surface area contributed by atoms with Gasteiger partial charge in [0.1, 0.15) is 0 Å². The molecule has 204 valence electrons. The SMILES string of the molecule is [2H]c1c([2H])c([2H])c(-n2c3ccccc3c3cc4c5c6ccccc6ccc5n(-c5ccc6c(ccc7ccccc76)c5)c4cc32)c([2H])c1[2H]. The van der Waals surface area contributed by atoms with Crippen LogP contribution in [0.25, 0.3) is 87.3 Å². The Hall–Kier alpha value is -5.86. The lowest BCUT2D eigenvalue weighted by atomic mass is 10.0. The van der Waals surface area contributed by atoms with Crippen molar-refractivity contribution >= 4 is 75.9 Å². The normalized spacial score (nSPS) is 13.7. The molecule has 2 heteroatoms. The van der Waals surface area contributed by atoms with Gasteiger partial charge in [-0.25, -0.2) is 0 Å². The number of fused-ring (bicyclic) bond motifs is 11. The van der Waals surface area contributed by atoms with Crippen LogP contribution in [0.2, 0.25) is 0 Å². The van der Waals surface area contributed by atoms with Gasteiger partial charge >= 0.3 is 0 Å². The number of para-hydroxylation sites is 2. The lowest BCUT2D eigenvalue weighted by molar-refractivity contribution is 1.17. The molecule has 0 spiro atoms. The fourth-order valence-corrected chi connectivity index (χ4v) is 7.26. The minimum absolute atomic E-state index is 0.141. The smallest absolute Gasteiger partial charge is 0.0645 e. The van der Waals surface area contributed by atoms with Crippen molar-refractivity contribution in [2.24, 2.45) is 0 Å². The second-order valence-corrected chi connectivity index (χ2v) is 11.4. The lowest BCUT2D eigenvalue weighted by Crippen LogP contribution is -1.96.